The molecule has 8 heteroatoms. The molecular weight excluding hydrogens is 350 g/mol. The first-order valence-electron chi connectivity index (χ1n) is 8.84. The molecule has 2 bridgehead atoms. The van der Waals surface area contributed by atoms with Gasteiger partial charge in [-0.1, -0.05) is 18.2 Å². The Kier molecular flexibility index (Phi) is 4.07. The van der Waals surface area contributed by atoms with Gasteiger partial charge < -0.3 is 15.6 Å². The molecule has 140 valence electrons. The van der Waals surface area contributed by atoms with Crippen molar-refractivity contribution in [3.8, 4) is 5.75 Å². The van der Waals surface area contributed by atoms with Crippen LogP contribution >= 0.6 is 0 Å². The zero-order chi connectivity index (χ0) is 19.2. The summed E-state index contributed by atoms with van der Waals surface area (Å²) in [7, 11) is 0. The quantitative estimate of drug-likeness (QED) is 0.786. The van der Waals surface area contributed by atoms with E-state index in [4.69, 9.17) is 10.5 Å². The van der Waals surface area contributed by atoms with Crippen molar-refractivity contribution in [2.24, 2.45) is 11.7 Å². The molecule has 0 unspecified atom stereocenters. The van der Waals surface area contributed by atoms with Crippen LogP contribution in [0.25, 0.3) is 0 Å². The summed E-state index contributed by atoms with van der Waals surface area (Å²) < 4.78 is 6.59. The summed E-state index contributed by atoms with van der Waals surface area (Å²) in [5, 5.41) is 9.56. The van der Waals surface area contributed by atoms with Crippen molar-refractivity contribution < 1.29 is 19.4 Å². The highest BCUT2D eigenvalue weighted by atomic mass is 16.5. The van der Waals surface area contributed by atoms with Crippen molar-refractivity contribution in [2.75, 3.05) is 0 Å². The maximum absolute atomic E-state index is 13.0. The van der Waals surface area contributed by atoms with Crippen LogP contribution in [0.1, 0.15) is 52.4 Å². The first kappa shape index (κ1) is 17.4. The number of hydrogen-bond donors (Lipinski definition) is 2. The van der Waals surface area contributed by atoms with E-state index >= 15 is 0 Å². The van der Waals surface area contributed by atoms with Crippen molar-refractivity contribution in [3.05, 3.63) is 57.8 Å². The van der Waals surface area contributed by atoms with Crippen LogP contribution in [-0.2, 0) is 12.1 Å². The van der Waals surface area contributed by atoms with Crippen molar-refractivity contribution >= 4 is 11.9 Å². The van der Waals surface area contributed by atoms with Crippen molar-refractivity contribution in [1.82, 2.24) is 9.55 Å². The second-order valence-corrected chi connectivity index (χ2v) is 7.19. The lowest BCUT2D eigenvalue weighted by atomic mass is 9.78. The minimum atomic E-state index is -1.44. The molecule has 1 saturated carbocycles. The third-order valence-corrected chi connectivity index (χ3v) is 5.42. The molecular formula is C19H19N3O5. The minimum Gasteiger partial charge on any atom is -0.476 e. The highest BCUT2D eigenvalue weighted by Crippen LogP contribution is 2.41. The Bertz CT molecular complexity index is 975. The van der Waals surface area contributed by atoms with E-state index in [0.29, 0.717) is 19.4 Å². The van der Waals surface area contributed by atoms with E-state index in [0.717, 1.165) is 12.8 Å². The predicted molar refractivity (Wildman–Crippen MR) is 94.7 cm³/mol. The van der Waals surface area contributed by atoms with E-state index in [9.17, 15) is 19.5 Å². The van der Waals surface area contributed by atoms with Crippen LogP contribution in [0, 0.1) is 5.92 Å². The van der Waals surface area contributed by atoms with Gasteiger partial charge in [0.1, 0.15) is 5.82 Å². The summed E-state index contributed by atoms with van der Waals surface area (Å²) >= 11 is 0. The van der Waals surface area contributed by atoms with Gasteiger partial charge in [0.05, 0.1) is 11.1 Å². The lowest BCUT2D eigenvalue weighted by molar-refractivity contribution is 0.0670. The zero-order valence-electron chi connectivity index (χ0n) is 14.6. The molecule has 27 heavy (non-hydrogen) atoms. The zero-order valence-corrected chi connectivity index (χ0v) is 14.6. The number of aromatic carboxylic acids is 1. The summed E-state index contributed by atoms with van der Waals surface area (Å²) in [6.45, 7) is 0.399. The van der Waals surface area contributed by atoms with Crippen LogP contribution in [0.2, 0.25) is 0 Å². The number of nitrogens with two attached hydrogens (primary N) is 1. The number of carboxylic acid groups (broad SMARTS) is 1. The van der Waals surface area contributed by atoms with Gasteiger partial charge in [-0.15, -0.1) is 0 Å². The highest BCUT2D eigenvalue weighted by molar-refractivity contribution is 5.94. The van der Waals surface area contributed by atoms with Crippen LogP contribution in [-0.4, -0.2) is 26.6 Å². The van der Waals surface area contributed by atoms with Gasteiger partial charge in [-0.05, 0) is 43.7 Å². The van der Waals surface area contributed by atoms with Crippen molar-refractivity contribution in [3.63, 3.8) is 0 Å². The largest absolute Gasteiger partial charge is 0.476 e. The molecule has 5 rings (SSSR count). The molecule has 1 aliphatic carbocycles. The van der Waals surface area contributed by atoms with Crippen LogP contribution in [0.15, 0.2) is 35.1 Å². The first-order valence-corrected chi connectivity index (χ1v) is 8.84. The number of carbonyl (C=O) groups is 2. The maximum Gasteiger partial charge on any atom is 0.358 e. The summed E-state index contributed by atoms with van der Waals surface area (Å²) in [5.74, 6) is -2.27. The number of carbonyl (C=O) groups excluding carboxylic acids is 1. The molecule has 3 heterocycles. The van der Waals surface area contributed by atoms with Gasteiger partial charge in [-0.2, -0.15) is 0 Å². The molecule has 1 aromatic heterocycles. The molecule has 3 aliphatic rings. The number of carboxylic acids is 1. The molecule has 3 N–H and O–H groups in total. The van der Waals surface area contributed by atoms with Crippen LogP contribution < -0.4 is 16.0 Å². The Balaban J connectivity index is 1.84. The average Bonchev–Trinajstić information content (AvgIpc) is 2.89. The Morgan fingerprint density at radius 2 is 1.89 bits per heavy atom. The Hall–Kier alpha value is -3.00. The Morgan fingerprint density at radius 1 is 1.22 bits per heavy atom. The molecule has 0 atom stereocenters. The van der Waals surface area contributed by atoms with E-state index in [-0.39, 0.29) is 17.3 Å². The maximum atomic E-state index is 13.0. The van der Waals surface area contributed by atoms with Gasteiger partial charge >= 0.3 is 11.9 Å². The van der Waals surface area contributed by atoms with Gasteiger partial charge in [0.2, 0.25) is 5.75 Å². The fourth-order valence-corrected chi connectivity index (χ4v) is 3.91. The average molecular weight is 369 g/mol. The van der Waals surface area contributed by atoms with Crippen LogP contribution in [0.5, 0.6) is 5.75 Å². The fraction of sp³-hybridized carbons (Fsp3) is 0.368. The van der Waals surface area contributed by atoms with E-state index in [1.165, 1.54) is 16.7 Å². The molecule has 0 amide bonds. The van der Waals surface area contributed by atoms with E-state index < -0.39 is 34.5 Å². The number of ether oxygens (including phenoxy) is 1. The number of aromatic nitrogens is 2. The van der Waals surface area contributed by atoms with Gasteiger partial charge in [0.15, 0.2) is 5.69 Å². The van der Waals surface area contributed by atoms with Crippen molar-refractivity contribution in [1.29, 1.82) is 0 Å². The summed E-state index contributed by atoms with van der Waals surface area (Å²) in [6.07, 6.45) is 2.99. The number of benzene rings is 1. The molecule has 1 aromatic carbocycles. The molecule has 2 aromatic rings. The third kappa shape index (κ3) is 2.91. The van der Waals surface area contributed by atoms with Gasteiger partial charge in [-0.3, -0.25) is 9.36 Å². The van der Waals surface area contributed by atoms with E-state index in [1.807, 2.05) is 0 Å². The molecule has 2 aliphatic heterocycles. The van der Waals surface area contributed by atoms with Crippen LogP contribution in [0.3, 0.4) is 0 Å². The molecule has 1 fully saturated rings. The topological polar surface area (TPSA) is 125 Å². The highest BCUT2D eigenvalue weighted by Gasteiger charge is 2.42. The SMILES string of the molecule is NC12CCC(CC1)Cn1c2nc(C(=O)O)c(OC(=O)c2ccccc2)c1=O. The summed E-state index contributed by atoms with van der Waals surface area (Å²) in [4.78, 5) is 41.3. The number of hydrogen-bond acceptors (Lipinski definition) is 6. The van der Waals surface area contributed by atoms with Gasteiger partial charge in [0.25, 0.3) is 5.56 Å². The number of esters is 1. The lowest BCUT2D eigenvalue weighted by Gasteiger charge is -2.32. The summed E-state index contributed by atoms with van der Waals surface area (Å²) in [5.41, 5.74) is 4.59. The van der Waals surface area contributed by atoms with Gasteiger partial charge in [0, 0.05) is 6.54 Å². The van der Waals surface area contributed by atoms with Crippen molar-refractivity contribution in [2.45, 2.75) is 37.8 Å². The smallest absolute Gasteiger partial charge is 0.358 e. The summed E-state index contributed by atoms with van der Waals surface area (Å²) in [6, 6.07) is 8.06. The Morgan fingerprint density at radius 3 is 2.52 bits per heavy atom. The molecule has 0 saturated heterocycles. The minimum absolute atomic E-state index is 0.212. The van der Waals surface area contributed by atoms with Crippen LogP contribution in [0.4, 0.5) is 0 Å². The predicted octanol–water partition coefficient (Wildman–Crippen LogP) is 1.52. The van der Waals surface area contributed by atoms with E-state index in [2.05, 4.69) is 4.98 Å². The second kappa shape index (κ2) is 6.31. The second-order valence-electron chi connectivity index (χ2n) is 7.19. The number of nitrogens with zero attached hydrogens (tertiary/aromatic N) is 2. The third-order valence-electron chi connectivity index (χ3n) is 5.42. The first-order chi connectivity index (χ1) is 12.9. The fourth-order valence-electron chi connectivity index (χ4n) is 3.91. The standard InChI is InChI=1S/C19H19N3O5/c20-19-8-6-11(7-9-19)10-22-15(23)14(13(16(24)25)21-18(19)22)27-17(26)12-4-2-1-3-5-12/h1-5,11H,6-10,20H2,(H,24,25). The molecule has 8 nitrogen and oxygen atoms in total. The Labute approximate surface area is 154 Å². The molecule has 0 spiro atoms. The monoisotopic (exact) mass is 369 g/mol. The lowest BCUT2D eigenvalue weighted by Crippen LogP contribution is -2.43. The van der Waals surface area contributed by atoms with E-state index in [1.54, 1.807) is 18.2 Å². The van der Waals surface area contributed by atoms with Gasteiger partial charge in [-0.25, -0.2) is 14.6 Å². The number of fused-ring (bicyclic) bond motifs is 2. The molecule has 0 radical (unpaired) electrons. The normalized spacial score (nSPS) is 23.4. The number of rotatable bonds is 3.